The highest BCUT2D eigenvalue weighted by Crippen LogP contribution is 2.40. The van der Waals surface area contributed by atoms with Gasteiger partial charge in [-0.1, -0.05) is 6.07 Å². The van der Waals surface area contributed by atoms with E-state index in [-0.39, 0.29) is 17.0 Å². The molecule has 2 aromatic rings. The zero-order chi connectivity index (χ0) is 18.5. The van der Waals surface area contributed by atoms with Crippen molar-refractivity contribution < 1.29 is 13.2 Å². The third-order valence-corrected chi connectivity index (χ3v) is 7.11. The molecule has 0 saturated carbocycles. The van der Waals surface area contributed by atoms with Gasteiger partial charge in [-0.25, -0.2) is 18.4 Å². The lowest BCUT2D eigenvalue weighted by atomic mass is 9.91. The van der Waals surface area contributed by atoms with Gasteiger partial charge in [-0.2, -0.15) is 4.31 Å². The van der Waals surface area contributed by atoms with Crippen molar-refractivity contribution in [3.63, 3.8) is 0 Å². The van der Waals surface area contributed by atoms with Crippen LogP contribution in [0.2, 0.25) is 0 Å². The average Bonchev–Trinajstić information content (AvgIpc) is 2.61. The Morgan fingerprint density at radius 3 is 2.54 bits per heavy atom. The number of benzene rings is 1. The maximum absolute atomic E-state index is 13.3. The van der Waals surface area contributed by atoms with Crippen LogP contribution in [0.4, 0.5) is 5.82 Å². The van der Waals surface area contributed by atoms with E-state index in [1.54, 1.807) is 22.6 Å². The predicted molar refractivity (Wildman–Crippen MR) is 97.9 cm³/mol. The van der Waals surface area contributed by atoms with E-state index < -0.39 is 10.0 Å². The summed E-state index contributed by atoms with van der Waals surface area (Å²) in [5.74, 6) is 1.97. The molecule has 138 valence electrons. The number of aromatic nitrogens is 2. The maximum Gasteiger partial charge on any atom is 0.247 e. The Labute approximate surface area is 153 Å². The number of hydrogen-bond donors (Lipinski definition) is 0. The second-order valence-corrected chi connectivity index (χ2v) is 8.71. The third-order valence-electron chi connectivity index (χ3n) is 5.09. The number of sulfonamides is 1. The maximum atomic E-state index is 13.3. The summed E-state index contributed by atoms with van der Waals surface area (Å²) in [6, 6.07) is 7.05. The molecule has 0 radical (unpaired) electrons. The van der Waals surface area contributed by atoms with Crippen LogP contribution in [0.1, 0.15) is 17.8 Å². The van der Waals surface area contributed by atoms with Crippen molar-refractivity contribution in [2.45, 2.75) is 37.2 Å². The first kappa shape index (κ1) is 17.2. The average molecular weight is 374 g/mol. The Balaban J connectivity index is 1.61. The van der Waals surface area contributed by atoms with Gasteiger partial charge in [0.1, 0.15) is 22.3 Å². The minimum Gasteiger partial charge on any atom is -0.495 e. The lowest BCUT2D eigenvalue weighted by Gasteiger charge is -2.55. The molecule has 1 aromatic heterocycles. The Morgan fingerprint density at radius 2 is 1.88 bits per heavy atom. The van der Waals surface area contributed by atoms with Gasteiger partial charge in [0, 0.05) is 31.4 Å². The Bertz CT molecular complexity index is 935. The summed E-state index contributed by atoms with van der Waals surface area (Å²) < 4.78 is 33.5. The van der Waals surface area contributed by atoms with Gasteiger partial charge in [-0.3, -0.25) is 0 Å². The van der Waals surface area contributed by atoms with Crippen molar-refractivity contribution in [1.82, 2.24) is 14.3 Å². The van der Waals surface area contributed by atoms with Crippen LogP contribution in [-0.4, -0.2) is 55.0 Å². The van der Waals surface area contributed by atoms with Crippen molar-refractivity contribution in [3.05, 3.63) is 41.9 Å². The van der Waals surface area contributed by atoms with E-state index in [0.717, 1.165) is 23.6 Å². The predicted octanol–water partition coefficient (Wildman–Crippen LogP) is 1.75. The normalized spacial score (nSPS) is 22.8. The first-order valence-electron chi connectivity index (χ1n) is 8.63. The number of methoxy groups -OCH3 is 1. The zero-order valence-corrected chi connectivity index (χ0v) is 15.9. The molecule has 2 bridgehead atoms. The standard InChI is InChI=1S/C18H22N4O3S/c1-12-4-5-16(25-3)17(8-12)26(23,24)22-14-9-15(22)11-21(10-14)18-6-7-19-13(2)20-18/h4-8,14-15H,9-11H2,1-3H3. The number of rotatable bonds is 4. The molecule has 1 aromatic carbocycles. The summed E-state index contributed by atoms with van der Waals surface area (Å²) in [6.07, 6.45) is 2.62. The molecule has 4 heterocycles. The summed E-state index contributed by atoms with van der Waals surface area (Å²) in [6.45, 7) is 5.02. The second kappa shape index (κ2) is 6.21. The lowest BCUT2D eigenvalue weighted by Crippen LogP contribution is -2.70. The van der Waals surface area contributed by atoms with Crippen LogP contribution in [0.3, 0.4) is 0 Å². The van der Waals surface area contributed by atoms with Gasteiger partial charge in [-0.05, 0) is 44.0 Å². The number of hydrogen-bond acceptors (Lipinski definition) is 6. The van der Waals surface area contributed by atoms with E-state index in [1.807, 2.05) is 26.0 Å². The van der Waals surface area contributed by atoms with Crippen molar-refractivity contribution in [1.29, 1.82) is 0 Å². The summed E-state index contributed by atoms with van der Waals surface area (Å²) >= 11 is 0. The van der Waals surface area contributed by atoms with Crippen LogP contribution in [0.5, 0.6) is 5.75 Å². The smallest absolute Gasteiger partial charge is 0.247 e. The molecule has 0 N–H and O–H groups in total. The quantitative estimate of drug-likeness (QED) is 0.812. The van der Waals surface area contributed by atoms with Crippen LogP contribution in [0, 0.1) is 13.8 Å². The van der Waals surface area contributed by atoms with Crippen molar-refractivity contribution in [2.24, 2.45) is 0 Å². The van der Waals surface area contributed by atoms with Gasteiger partial charge in [-0.15, -0.1) is 0 Å². The lowest BCUT2D eigenvalue weighted by molar-refractivity contribution is 0.0872. The number of nitrogens with zero attached hydrogens (tertiary/aromatic N) is 4. The Hall–Kier alpha value is -2.19. The van der Waals surface area contributed by atoms with Gasteiger partial charge in [0.05, 0.1) is 7.11 Å². The van der Waals surface area contributed by atoms with Crippen molar-refractivity contribution in [2.75, 3.05) is 25.1 Å². The highest BCUT2D eigenvalue weighted by Gasteiger charge is 2.52. The second-order valence-electron chi connectivity index (χ2n) is 6.90. The van der Waals surface area contributed by atoms with E-state index in [1.165, 1.54) is 7.11 Å². The van der Waals surface area contributed by atoms with Crippen LogP contribution in [0.15, 0.2) is 35.4 Å². The fraction of sp³-hybridized carbons (Fsp3) is 0.444. The van der Waals surface area contributed by atoms with Crippen LogP contribution < -0.4 is 9.64 Å². The molecule has 26 heavy (non-hydrogen) atoms. The Morgan fingerprint density at radius 1 is 1.15 bits per heavy atom. The number of fused-ring (bicyclic) bond motifs is 2. The number of anilines is 1. The van der Waals surface area contributed by atoms with E-state index >= 15 is 0 Å². The van der Waals surface area contributed by atoms with Crippen LogP contribution in [0.25, 0.3) is 0 Å². The zero-order valence-electron chi connectivity index (χ0n) is 15.1. The molecular weight excluding hydrogens is 352 g/mol. The fourth-order valence-corrected chi connectivity index (χ4v) is 5.93. The molecule has 8 heteroatoms. The molecule has 3 saturated heterocycles. The molecule has 0 spiro atoms. The summed E-state index contributed by atoms with van der Waals surface area (Å²) in [7, 11) is -2.09. The molecule has 0 amide bonds. The summed E-state index contributed by atoms with van der Waals surface area (Å²) in [4.78, 5) is 11.0. The molecule has 0 aliphatic carbocycles. The van der Waals surface area contributed by atoms with E-state index in [0.29, 0.717) is 18.8 Å². The molecule has 5 rings (SSSR count). The van der Waals surface area contributed by atoms with Crippen LogP contribution in [-0.2, 0) is 10.0 Å². The van der Waals surface area contributed by atoms with E-state index in [9.17, 15) is 8.42 Å². The van der Waals surface area contributed by atoms with Crippen LogP contribution >= 0.6 is 0 Å². The number of ether oxygens (including phenoxy) is 1. The highest BCUT2D eigenvalue weighted by atomic mass is 32.2. The number of piperidine rings is 1. The first-order valence-corrected chi connectivity index (χ1v) is 10.1. The third kappa shape index (κ3) is 2.73. The first-order chi connectivity index (χ1) is 12.4. The minimum absolute atomic E-state index is 0.0424. The molecule has 7 nitrogen and oxygen atoms in total. The van der Waals surface area contributed by atoms with E-state index in [4.69, 9.17) is 4.74 Å². The molecular formula is C18H22N4O3S. The van der Waals surface area contributed by atoms with Gasteiger partial charge in [0.25, 0.3) is 0 Å². The fourth-order valence-electron chi connectivity index (χ4n) is 3.87. The van der Waals surface area contributed by atoms with Crippen molar-refractivity contribution >= 4 is 15.8 Å². The molecule has 3 aliphatic heterocycles. The molecule has 2 atom stereocenters. The van der Waals surface area contributed by atoms with Gasteiger partial charge >= 0.3 is 0 Å². The Kier molecular flexibility index (Phi) is 4.11. The molecule has 3 fully saturated rings. The van der Waals surface area contributed by atoms with Crippen molar-refractivity contribution in [3.8, 4) is 5.75 Å². The highest BCUT2D eigenvalue weighted by molar-refractivity contribution is 7.89. The summed E-state index contributed by atoms with van der Waals surface area (Å²) in [5.41, 5.74) is 0.896. The monoisotopic (exact) mass is 374 g/mol. The minimum atomic E-state index is -3.59. The van der Waals surface area contributed by atoms with Gasteiger partial charge in [0.15, 0.2) is 0 Å². The molecule has 2 unspecified atom stereocenters. The SMILES string of the molecule is COc1ccc(C)cc1S(=O)(=O)N1C2CC1CN(c1ccnc(C)n1)C2. The summed E-state index contributed by atoms with van der Waals surface area (Å²) in [5, 5.41) is 0. The number of piperazine rings is 1. The topological polar surface area (TPSA) is 75.6 Å². The largest absolute Gasteiger partial charge is 0.495 e. The van der Waals surface area contributed by atoms with Gasteiger partial charge in [0.2, 0.25) is 10.0 Å². The molecule has 3 aliphatic rings. The van der Waals surface area contributed by atoms with Gasteiger partial charge < -0.3 is 9.64 Å². The van der Waals surface area contributed by atoms with E-state index in [2.05, 4.69) is 14.9 Å². The number of aryl methyl sites for hydroxylation is 2.